The van der Waals surface area contributed by atoms with Crippen molar-refractivity contribution in [1.82, 2.24) is 0 Å². The lowest BCUT2D eigenvalue weighted by Gasteiger charge is -2.37. The molecule has 2 nitrogen and oxygen atoms in total. The zero-order valence-corrected chi connectivity index (χ0v) is 23.0. The molecule has 2 N–H and O–H groups in total. The van der Waals surface area contributed by atoms with Gasteiger partial charge in [0.1, 0.15) is 11.5 Å². The third-order valence-electron chi connectivity index (χ3n) is 8.62. The van der Waals surface area contributed by atoms with Crippen molar-refractivity contribution < 1.29 is 10.2 Å². The summed E-state index contributed by atoms with van der Waals surface area (Å²) in [5.41, 5.74) is 6.45. The molecular formula is C34H44O2. The van der Waals surface area contributed by atoms with Gasteiger partial charge in [0.15, 0.2) is 0 Å². The lowest BCUT2D eigenvalue weighted by molar-refractivity contribution is 0.296. The second-order valence-corrected chi connectivity index (χ2v) is 11.9. The molecule has 0 fully saturated rings. The predicted molar refractivity (Wildman–Crippen MR) is 153 cm³/mol. The molecule has 0 aromatic heterocycles. The molecule has 0 saturated heterocycles. The van der Waals surface area contributed by atoms with Crippen LogP contribution >= 0.6 is 0 Å². The molecule has 192 valence electrons. The van der Waals surface area contributed by atoms with Crippen molar-refractivity contribution in [2.75, 3.05) is 0 Å². The van der Waals surface area contributed by atoms with Crippen molar-refractivity contribution in [1.29, 1.82) is 0 Å². The highest BCUT2D eigenvalue weighted by molar-refractivity contribution is 5.75. The summed E-state index contributed by atoms with van der Waals surface area (Å²) < 4.78 is 0. The first kappa shape index (κ1) is 26.3. The number of phenolic OH excluding ortho intramolecular Hbond substituents is 2. The Morgan fingerprint density at radius 1 is 0.750 bits per heavy atom. The maximum atomic E-state index is 12.1. The minimum atomic E-state index is 0.0239. The first-order chi connectivity index (χ1) is 17.2. The number of benzene rings is 2. The first-order valence-electron chi connectivity index (χ1n) is 13.8. The molecule has 0 saturated carbocycles. The molecule has 0 spiro atoms. The molecular weight excluding hydrogens is 440 g/mol. The third kappa shape index (κ3) is 5.48. The van der Waals surface area contributed by atoms with E-state index in [9.17, 15) is 10.2 Å². The maximum absolute atomic E-state index is 12.1. The quantitative estimate of drug-likeness (QED) is 0.316. The van der Waals surface area contributed by atoms with Crippen molar-refractivity contribution in [3.05, 3.63) is 82.0 Å². The molecule has 2 aromatic carbocycles. The van der Waals surface area contributed by atoms with E-state index in [1.54, 1.807) is 0 Å². The number of rotatable bonds is 6. The standard InChI is InChI=1S/C34H44O2/c1-21(2)27-16-12-23(5)18-29(27)32-26(15-14-25-10-8-7-9-11-25)20-31(35)33(34(32)36)30-19-24(6)13-17-28(30)22(3)4/h7-11,14-15,18-22,27-30,35-36H,12-13,16-17H2,1-6H3/b15-14+. The smallest absolute Gasteiger partial charge is 0.127 e. The van der Waals surface area contributed by atoms with Gasteiger partial charge in [-0.15, -0.1) is 0 Å². The maximum Gasteiger partial charge on any atom is 0.127 e. The Morgan fingerprint density at radius 3 is 1.81 bits per heavy atom. The summed E-state index contributed by atoms with van der Waals surface area (Å²) in [6.45, 7) is 13.5. The van der Waals surface area contributed by atoms with Crippen molar-refractivity contribution in [2.24, 2.45) is 23.7 Å². The monoisotopic (exact) mass is 484 g/mol. The van der Waals surface area contributed by atoms with Crippen LogP contribution in [0.2, 0.25) is 0 Å². The van der Waals surface area contributed by atoms with Crippen LogP contribution in [0.25, 0.3) is 12.2 Å². The number of hydrogen-bond donors (Lipinski definition) is 2. The first-order valence-corrected chi connectivity index (χ1v) is 13.8. The Morgan fingerprint density at radius 2 is 1.28 bits per heavy atom. The van der Waals surface area contributed by atoms with Crippen LogP contribution < -0.4 is 0 Å². The Labute approximate surface area is 218 Å². The van der Waals surface area contributed by atoms with Gasteiger partial charge in [0, 0.05) is 23.0 Å². The van der Waals surface area contributed by atoms with E-state index >= 15 is 0 Å². The Bertz CT molecular complexity index is 1150. The van der Waals surface area contributed by atoms with Gasteiger partial charge in [-0.05, 0) is 80.4 Å². The van der Waals surface area contributed by atoms with E-state index in [2.05, 4.69) is 78.0 Å². The summed E-state index contributed by atoms with van der Waals surface area (Å²) in [4.78, 5) is 0. The van der Waals surface area contributed by atoms with Crippen molar-refractivity contribution >= 4 is 12.2 Å². The largest absolute Gasteiger partial charge is 0.507 e. The fourth-order valence-corrected chi connectivity index (χ4v) is 6.54. The van der Waals surface area contributed by atoms with Gasteiger partial charge in [-0.2, -0.15) is 0 Å². The summed E-state index contributed by atoms with van der Waals surface area (Å²) in [5.74, 6) is 2.48. The van der Waals surface area contributed by atoms with Crippen LogP contribution in [0.1, 0.15) is 101 Å². The van der Waals surface area contributed by atoms with Crippen LogP contribution in [-0.4, -0.2) is 10.2 Å². The molecule has 4 unspecified atom stereocenters. The SMILES string of the molecule is CC1=CC(c2c(O)cc(/C=C/c3ccccc3)c(C3C=C(C)CCC3C(C)C)c2O)C(C(C)C)CC1. The summed E-state index contributed by atoms with van der Waals surface area (Å²) in [5, 5.41) is 23.5. The minimum absolute atomic E-state index is 0.0239. The molecule has 0 heterocycles. The van der Waals surface area contributed by atoms with E-state index in [0.717, 1.165) is 47.9 Å². The van der Waals surface area contributed by atoms with Gasteiger partial charge < -0.3 is 10.2 Å². The Balaban J connectivity index is 1.94. The third-order valence-corrected chi connectivity index (χ3v) is 8.62. The normalized spacial score (nSPS) is 24.9. The molecule has 0 radical (unpaired) electrons. The predicted octanol–water partition coefficient (Wildman–Crippen LogP) is 9.46. The lowest BCUT2D eigenvalue weighted by atomic mass is 9.68. The highest BCUT2D eigenvalue weighted by atomic mass is 16.3. The van der Waals surface area contributed by atoms with Gasteiger partial charge in [0.2, 0.25) is 0 Å². The van der Waals surface area contributed by atoms with E-state index in [0.29, 0.717) is 29.4 Å². The van der Waals surface area contributed by atoms with Gasteiger partial charge >= 0.3 is 0 Å². The number of phenols is 2. The van der Waals surface area contributed by atoms with Gasteiger partial charge in [0.25, 0.3) is 0 Å². The van der Waals surface area contributed by atoms with Gasteiger partial charge in [-0.1, -0.05) is 93.5 Å². The topological polar surface area (TPSA) is 40.5 Å². The average Bonchev–Trinajstić information content (AvgIpc) is 2.83. The van der Waals surface area contributed by atoms with Gasteiger partial charge in [-0.25, -0.2) is 0 Å². The number of hydrogen-bond acceptors (Lipinski definition) is 2. The fourth-order valence-electron chi connectivity index (χ4n) is 6.54. The highest BCUT2D eigenvalue weighted by Crippen LogP contribution is 2.52. The number of aromatic hydroxyl groups is 2. The summed E-state index contributed by atoms with van der Waals surface area (Å²) in [7, 11) is 0. The molecule has 2 aromatic rings. The molecule has 4 atom stereocenters. The molecule has 2 heteroatoms. The van der Waals surface area contributed by atoms with Crippen molar-refractivity contribution in [3.63, 3.8) is 0 Å². The van der Waals surface area contributed by atoms with Crippen molar-refractivity contribution in [3.8, 4) is 11.5 Å². The highest BCUT2D eigenvalue weighted by Gasteiger charge is 2.36. The second kappa shape index (κ2) is 11.1. The van der Waals surface area contributed by atoms with Crippen LogP contribution in [0.4, 0.5) is 0 Å². The molecule has 2 aliphatic rings. The van der Waals surface area contributed by atoms with Crippen LogP contribution in [0.5, 0.6) is 11.5 Å². The molecule has 0 bridgehead atoms. The van der Waals surface area contributed by atoms with Crippen LogP contribution in [-0.2, 0) is 0 Å². The molecule has 4 rings (SSSR count). The Hall–Kier alpha value is -2.74. The van der Waals surface area contributed by atoms with Crippen LogP contribution in [0.3, 0.4) is 0 Å². The minimum Gasteiger partial charge on any atom is -0.507 e. The van der Waals surface area contributed by atoms with E-state index in [1.165, 1.54) is 11.1 Å². The van der Waals surface area contributed by atoms with E-state index < -0.39 is 0 Å². The van der Waals surface area contributed by atoms with E-state index in [1.807, 2.05) is 24.3 Å². The number of allylic oxidation sites excluding steroid dienone is 4. The fraction of sp³-hybridized carbons (Fsp3) is 0.471. The molecule has 2 aliphatic carbocycles. The van der Waals surface area contributed by atoms with Crippen LogP contribution in [0, 0.1) is 23.7 Å². The zero-order valence-electron chi connectivity index (χ0n) is 23.0. The summed E-state index contributed by atoms with van der Waals surface area (Å²) in [6, 6.07) is 12.1. The zero-order chi connectivity index (χ0) is 26.0. The van der Waals surface area contributed by atoms with Crippen LogP contribution in [0.15, 0.2) is 59.7 Å². The summed E-state index contributed by atoms with van der Waals surface area (Å²) >= 11 is 0. The molecule has 36 heavy (non-hydrogen) atoms. The van der Waals surface area contributed by atoms with Crippen molar-refractivity contribution in [2.45, 2.75) is 79.1 Å². The van der Waals surface area contributed by atoms with Gasteiger partial charge in [-0.3, -0.25) is 0 Å². The van der Waals surface area contributed by atoms with Gasteiger partial charge in [0.05, 0.1) is 0 Å². The lowest BCUT2D eigenvalue weighted by Crippen LogP contribution is -2.24. The molecule has 0 aliphatic heterocycles. The molecule has 0 amide bonds. The second-order valence-electron chi connectivity index (χ2n) is 11.9. The summed E-state index contributed by atoms with van der Waals surface area (Å²) in [6.07, 6.45) is 13.3. The van der Waals surface area contributed by atoms with E-state index in [-0.39, 0.29) is 17.6 Å². The average molecular weight is 485 g/mol. The van der Waals surface area contributed by atoms with E-state index in [4.69, 9.17) is 0 Å². The Kier molecular flexibility index (Phi) is 8.13.